The van der Waals surface area contributed by atoms with Crippen molar-refractivity contribution in [2.45, 2.75) is 13.8 Å². The Morgan fingerprint density at radius 1 is 1.38 bits per heavy atom. The van der Waals surface area contributed by atoms with E-state index in [0.717, 1.165) is 17.0 Å². The van der Waals surface area contributed by atoms with Crippen molar-refractivity contribution in [2.24, 2.45) is 0 Å². The van der Waals surface area contributed by atoms with Crippen molar-refractivity contribution in [3.8, 4) is 17.3 Å². The third kappa shape index (κ3) is 1.61. The van der Waals surface area contributed by atoms with E-state index in [1.165, 1.54) is 0 Å². The molecule has 2 N–H and O–H groups in total. The molecule has 2 heterocycles. The van der Waals surface area contributed by atoms with Crippen molar-refractivity contribution in [2.75, 3.05) is 0 Å². The van der Waals surface area contributed by atoms with Crippen LogP contribution in [0.4, 0.5) is 0 Å². The standard InChI is InChI=1S/C11H10N4O/c1-6-3-10(15-14-6)9-4-8(5-12)11(16)13-7(9)2/h3-4H,1-2H3,(H,13,16)(H,14,15). The van der Waals surface area contributed by atoms with Gasteiger partial charge in [-0.3, -0.25) is 9.89 Å². The second-order valence-electron chi connectivity index (χ2n) is 3.60. The normalized spacial score (nSPS) is 10.1. The van der Waals surface area contributed by atoms with Crippen molar-refractivity contribution >= 4 is 0 Å². The van der Waals surface area contributed by atoms with Crippen molar-refractivity contribution < 1.29 is 0 Å². The molecule has 0 atom stereocenters. The molecule has 0 aliphatic heterocycles. The number of pyridine rings is 1. The van der Waals surface area contributed by atoms with E-state index >= 15 is 0 Å². The molecule has 0 unspecified atom stereocenters. The molecule has 0 radical (unpaired) electrons. The van der Waals surface area contributed by atoms with Crippen LogP contribution in [0.15, 0.2) is 16.9 Å². The number of hydrogen-bond acceptors (Lipinski definition) is 3. The first-order chi connectivity index (χ1) is 7.61. The maximum Gasteiger partial charge on any atom is 0.266 e. The van der Waals surface area contributed by atoms with Gasteiger partial charge in [0.1, 0.15) is 11.6 Å². The van der Waals surface area contributed by atoms with Crippen LogP contribution in [0.1, 0.15) is 17.0 Å². The lowest BCUT2D eigenvalue weighted by atomic mass is 10.1. The maximum atomic E-state index is 11.4. The van der Waals surface area contributed by atoms with E-state index in [4.69, 9.17) is 5.26 Å². The minimum absolute atomic E-state index is 0.0984. The van der Waals surface area contributed by atoms with Gasteiger partial charge in [0.25, 0.3) is 5.56 Å². The van der Waals surface area contributed by atoms with Crippen LogP contribution in [0.25, 0.3) is 11.3 Å². The molecular weight excluding hydrogens is 204 g/mol. The van der Waals surface area contributed by atoms with Gasteiger partial charge in [0.15, 0.2) is 0 Å². The Morgan fingerprint density at radius 3 is 2.69 bits per heavy atom. The van der Waals surface area contributed by atoms with E-state index in [2.05, 4.69) is 15.2 Å². The lowest BCUT2D eigenvalue weighted by molar-refractivity contribution is 1.04. The molecule has 80 valence electrons. The summed E-state index contributed by atoms with van der Waals surface area (Å²) >= 11 is 0. The van der Waals surface area contributed by atoms with Crippen LogP contribution in [0.5, 0.6) is 0 Å². The Labute approximate surface area is 91.8 Å². The lowest BCUT2D eigenvalue weighted by Crippen LogP contribution is -2.11. The van der Waals surface area contributed by atoms with Crippen LogP contribution in [0.2, 0.25) is 0 Å². The lowest BCUT2D eigenvalue weighted by Gasteiger charge is -2.01. The number of aromatic nitrogens is 3. The molecule has 0 aliphatic carbocycles. The fourth-order valence-corrected chi connectivity index (χ4v) is 1.53. The molecule has 2 aromatic rings. The van der Waals surface area contributed by atoms with Gasteiger partial charge in [-0.1, -0.05) is 0 Å². The van der Waals surface area contributed by atoms with E-state index in [0.29, 0.717) is 5.69 Å². The summed E-state index contributed by atoms with van der Waals surface area (Å²) in [4.78, 5) is 14.0. The number of H-pyrrole nitrogens is 2. The van der Waals surface area contributed by atoms with Crippen LogP contribution < -0.4 is 5.56 Å². The zero-order valence-corrected chi connectivity index (χ0v) is 8.96. The van der Waals surface area contributed by atoms with E-state index in [9.17, 15) is 4.79 Å². The Morgan fingerprint density at radius 2 is 2.12 bits per heavy atom. The van der Waals surface area contributed by atoms with Gasteiger partial charge in [-0.15, -0.1) is 0 Å². The fourth-order valence-electron chi connectivity index (χ4n) is 1.53. The van der Waals surface area contributed by atoms with Gasteiger partial charge in [0.05, 0.1) is 5.69 Å². The molecule has 0 spiro atoms. The average Bonchev–Trinajstić information content (AvgIpc) is 2.65. The van der Waals surface area contributed by atoms with Gasteiger partial charge >= 0.3 is 0 Å². The summed E-state index contributed by atoms with van der Waals surface area (Å²) in [6, 6.07) is 5.28. The molecule has 2 rings (SSSR count). The molecule has 0 saturated carbocycles. The first kappa shape index (κ1) is 10.2. The number of nitriles is 1. The topological polar surface area (TPSA) is 85.3 Å². The maximum absolute atomic E-state index is 11.4. The van der Waals surface area contributed by atoms with Crippen LogP contribution in [0, 0.1) is 25.2 Å². The Kier molecular flexibility index (Phi) is 2.33. The van der Waals surface area contributed by atoms with Crippen LogP contribution in [-0.2, 0) is 0 Å². The van der Waals surface area contributed by atoms with Gasteiger partial charge < -0.3 is 4.98 Å². The summed E-state index contributed by atoms with van der Waals surface area (Å²) in [5.41, 5.74) is 2.86. The molecular formula is C11H10N4O. The molecule has 5 nitrogen and oxygen atoms in total. The Balaban J connectivity index is 2.67. The number of aryl methyl sites for hydroxylation is 2. The van der Waals surface area contributed by atoms with E-state index in [-0.39, 0.29) is 11.1 Å². The number of nitrogens with one attached hydrogen (secondary N) is 2. The summed E-state index contributed by atoms with van der Waals surface area (Å²) in [6.45, 7) is 3.67. The van der Waals surface area contributed by atoms with Crippen LogP contribution in [-0.4, -0.2) is 15.2 Å². The Bertz CT molecular complexity index is 630. The number of nitrogens with zero attached hydrogens (tertiary/aromatic N) is 2. The second-order valence-corrected chi connectivity index (χ2v) is 3.60. The summed E-state index contributed by atoms with van der Waals surface area (Å²) in [6.07, 6.45) is 0. The molecule has 2 aromatic heterocycles. The third-order valence-corrected chi connectivity index (χ3v) is 2.34. The summed E-state index contributed by atoms with van der Waals surface area (Å²) in [7, 11) is 0. The average molecular weight is 214 g/mol. The zero-order chi connectivity index (χ0) is 11.7. The third-order valence-electron chi connectivity index (χ3n) is 2.34. The number of aromatic amines is 2. The highest BCUT2D eigenvalue weighted by atomic mass is 16.1. The van der Waals surface area contributed by atoms with Crippen LogP contribution >= 0.6 is 0 Å². The van der Waals surface area contributed by atoms with E-state index < -0.39 is 0 Å². The van der Waals surface area contributed by atoms with Gasteiger partial charge in [-0.05, 0) is 26.0 Å². The van der Waals surface area contributed by atoms with Gasteiger partial charge in [0.2, 0.25) is 0 Å². The highest BCUT2D eigenvalue weighted by molar-refractivity contribution is 5.63. The first-order valence-electron chi connectivity index (χ1n) is 4.78. The molecule has 0 aromatic carbocycles. The smallest absolute Gasteiger partial charge is 0.266 e. The summed E-state index contributed by atoms with van der Waals surface area (Å²) < 4.78 is 0. The molecule has 0 fully saturated rings. The predicted octanol–water partition coefficient (Wildman–Crippen LogP) is 1.25. The first-order valence-corrected chi connectivity index (χ1v) is 4.78. The van der Waals surface area contributed by atoms with Gasteiger partial charge in [0, 0.05) is 17.0 Å². The van der Waals surface area contributed by atoms with Crippen molar-refractivity contribution in [3.05, 3.63) is 39.4 Å². The van der Waals surface area contributed by atoms with Gasteiger partial charge in [-0.25, -0.2) is 0 Å². The van der Waals surface area contributed by atoms with E-state index in [1.54, 1.807) is 13.0 Å². The number of rotatable bonds is 1. The minimum Gasteiger partial charge on any atom is -0.325 e. The fraction of sp³-hybridized carbons (Fsp3) is 0.182. The van der Waals surface area contributed by atoms with Gasteiger partial charge in [-0.2, -0.15) is 10.4 Å². The Hall–Kier alpha value is -2.35. The van der Waals surface area contributed by atoms with Crippen molar-refractivity contribution in [3.63, 3.8) is 0 Å². The largest absolute Gasteiger partial charge is 0.325 e. The van der Waals surface area contributed by atoms with Crippen molar-refractivity contribution in [1.82, 2.24) is 15.2 Å². The SMILES string of the molecule is Cc1cc(-c2cc(C#N)c(=O)[nH]c2C)n[nH]1. The zero-order valence-electron chi connectivity index (χ0n) is 8.96. The second kappa shape index (κ2) is 3.66. The highest BCUT2D eigenvalue weighted by Crippen LogP contribution is 2.19. The molecule has 16 heavy (non-hydrogen) atoms. The monoisotopic (exact) mass is 214 g/mol. The molecule has 0 aliphatic rings. The molecule has 0 amide bonds. The van der Waals surface area contributed by atoms with Crippen LogP contribution in [0.3, 0.4) is 0 Å². The molecule has 0 saturated heterocycles. The summed E-state index contributed by atoms with van der Waals surface area (Å²) in [5, 5.41) is 15.7. The number of hydrogen-bond donors (Lipinski definition) is 2. The van der Waals surface area contributed by atoms with Crippen molar-refractivity contribution in [1.29, 1.82) is 5.26 Å². The summed E-state index contributed by atoms with van der Waals surface area (Å²) in [5.74, 6) is 0. The minimum atomic E-state index is -0.365. The van der Waals surface area contributed by atoms with E-state index in [1.807, 2.05) is 19.1 Å². The quantitative estimate of drug-likeness (QED) is 0.749. The molecule has 0 bridgehead atoms. The molecule has 5 heteroatoms. The highest BCUT2D eigenvalue weighted by Gasteiger charge is 2.09. The predicted molar refractivity (Wildman–Crippen MR) is 58.8 cm³/mol.